The van der Waals surface area contributed by atoms with Crippen LogP contribution in [0.5, 0.6) is 5.75 Å². The Labute approximate surface area is 211 Å². The van der Waals surface area contributed by atoms with E-state index >= 15 is 0 Å². The fourth-order valence-corrected chi connectivity index (χ4v) is 1.91. The number of aliphatic hydroxyl groups excluding tert-OH is 1. The molecule has 0 aromatic heterocycles. The number of hydrogen-bond acceptors (Lipinski definition) is 5. The number of hydrogen-bond donors (Lipinski definition) is 4. The fraction of sp³-hybridized carbons (Fsp3) is 0.520. The molecule has 5 nitrogen and oxygen atoms in total. The van der Waals surface area contributed by atoms with E-state index in [-0.39, 0.29) is 12.8 Å². The van der Waals surface area contributed by atoms with Gasteiger partial charge in [0.1, 0.15) is 5.75 Å². The van der Waals surface area contributed by atoms with Crippen molar-refractivity contribution in [3.63, 3.8) is 0 Å². The molecule has 0 saturated heterocycles. The number of aliphatic hydroxyl groups is 2. The lowest BCUT2D eigenvalue weighted by Crippen LogP contribution is -2.22. The number of rotatable bonds is 16. The third kappa shape index (κ3) is 9.72. The zero-order chi connectivity index (χ0) is 41.0. The van der Waals surface area contributed by atoms with Gasteiger partial charge in [-0.1, -0.05) is 49.1 Å². The van der Waals surface area contributed by atoms with Crippen LogP contribution in [0.15, 0.2) is 48.4 Å². The maximum atomic E-state index is 10.7. The molecule has 2 aromatic rings. The first-order chi connectivity index (χ1) is 23.0. The van der Waals surface area contributed by atoms with E-state index in [1.807, 2.05) is 5.32 Å². The number of aromatic hydroxyl groups is 1. The van der Waals surface area contributed by atoms with Crippen LogP contribution >= 0.6 is 0 Å². The van der Waals surface area contributed by atoms with E-state index in [9.17, 15) is 15.3 Å². The molecule has 0 saturated carbocycles. The Hall–Kier alpha value is -1.92. The van der Waals surface area contributed by atoms with Crippen molar-refractivity contribution in [2.45, 2.75) is 57.5 Å². The van der Waals surface area contributed by atoms with Crippen molar-refractivity contribution in [3.8, 4) is 5.75 Å². The molecular formula is C25H37NO4. The van der Waals surface area contributed by atoms with Gasteiger partial charge >= 0.3 is 0 Å². The third-order valence-corrected chi connectivity index (χ3v) is 3.35. The molecule has 0 aliphatic carbocycles. The monoisotopic (exact) mass is 437 g/mol. The van der Waals surface area contributed by atoms with Crippen molar-refractivity contribution in [2.24, 2.45) is 0 Å². The molecule has 0 amide bonds. The van der Waals surface area contributed by atoms with E-state index in [4.69, 9.17) is 34.9 Å². The van der Waals surface area contributed by atoms with Crippen molar-refractivity contribution in [1.29, 1.82) is 0 Å². The van der Waals surface area contributed by atoms with Crippen molar-refractivity contribution in [3.05, 3.63) is 65.1 Å². The highest BCUT2D eigenvalue weighted by Crippen LogP contribution is 2.22. The van der Waals surface area contributed by atoms with Gasteiger partial charge in [0, 0.05) is 38.9 Å². The quantitative estimate of drug-likeness (QED) is 0.297. The topological polar surface area (TPSA) is 82.0 Å². The first kappa shape index (κ1) is 7.89. The minimum absolute atomic E-state index is 0.322. The summed E-state index contributed by atoms with van der Waals surface area (Å²) >= 11 is 0. The highest BCUT2D eigenvalue weighted by Gasteiger charge is 2.09. The summed E-state index contributed by atoms with van der Waals surface area (Å²) in [6.07, 6.45) is -16.3. The Morgan fingerprint density at radius 2 is 1.83 bits per heavy atom. The molecule has 166 valence electrons. The van der Waals surface area contributed by atoms with Gasteiger partial charge in [-0.15, -0.1) is 0 Å². The molecule has 0 aliphatic heterocycles. The zero-order valence-electron chi connectivity index (χ0n) is 37.8. The molecular weight excluding hydrogens is 378 g/mol. The molecule has 4 N–H and O–H groups in total. The average Bonchev–Trinajstić information content (AvgIpc) is 2.91. The van der Waals surface area contributed by atoms with Crippen LogP contribution in [-0.2, 0) is 17.7 Å². The highest BCUT2D eigenvalue weighted by atomic mass is 16.5. The van der Waals surface area contributed by atoms with Gasteiger partial charge in [-0.25, -0.2) is 0 Å². The Morgan fingerprint density at radius 3 is 2.63 bits per heavy atom. The molecule has 1 unspecified atom stereocenters. The molecule has 1 atom stereocenters. The maximum absolute atomic E-state index is 10.7. The van der Waals surface area contributed by atoms with Gasteiger partial charge in [0.25, 0.3) is 0 Å². The van der Waals surface area contributed by atoms with Gasteiger partial charge in [-0.05, 0) is 61.7 Å². The minimum atomic E-state index is -4.00. The van der Waals surface area contributed by atoms with Crippen LogP contribution in [0.2, 0.25) is 0 Å². The highest BCUT2D eigenvalue weighted by molar-refractivity contribution is 5.36. The van der Waals surface area contributed by atoms with E-state index in [1.54, 1.807) is 0 Å². The predicted octanol–water partition coefficient (Wildman–Crippen LogP) is 4.11. The summed E-state index contributed by atoms with van der Waals surface area (Å²) in [6.45, 7) is -16.5. The van der Waals surface area contributed by atoms with Crippen molar-refractivity contribution >= 4 is 0 Å². The molecule has 0 heterocycles. The second-order valence-electron chi connectivity index (χ2n) is 5.52. The first-order valence-electron chi connectivity index (χ1n) is 19.8. The lowest BCUT2D eigenvalue weighted by Gasteiger charge is -2.14. The normalized spacial score (nSPS) is 26.7. The van der Waals surface area contributed by atoms with Gasteiger partial charge in [-0.3, -0.25) is 0 Å². The largest absolute Gasteiger partial charge is 0.508 e. The smallest absolute Gasteiger partial charge is 0.121 e. The van der Waals surface area contributed by atoms with Crippen LogP contribution in [0.4, 0.5) is 0 Å². The van der Waals surface area contributed by atoms with Crippen LogP contribution in [0, 0.1) is 0 Å². The summed E-state index contributed by atoms with van der Waals surface area (Å²) < 4.78 is 181. The number of phenols is 1. The Kier molecular flexibility index (Phi) is 3.94. The molecule has 2 aromatic carbocycles. The van der Waals surface area contributed by atoms with E-state index in [0.29, 0.717) is 0 Å². The molecule has 30 heavy (non-hydrogen) atoms. The van der Waals surface area contributed by atoms with Crippen LogP contribution in [-0.4, -0.2) is 41.4 Å². The summed E-state index contributed by atoms with van der Waals surface area (Å²) in [5, 5.41) is 32.2. The Morgan fingerprint density at radius 1 is 1.03 bits per heavy atom. The zero-order valence-corrected chi connectivity index (χ0v) is 15.8. The molecule has 0 radical (unpaired) electrons. The predicted molar refractivity (Wildman–Crippen MR) is 121 cm³/mol. The SMILES string of the molecule is [2H]c1cc([2H])c(C([2H])([2H])C([2H])([2H])C([2H])([2H])C([2H])([2H])OC([2H])([2H])CCCCC([2H])([2H])NC([2H])([2H])C(O)c2c([2H])c([2H])c(O)c(C([2H])([2H])O)c2[2H])c([2H])c1. The summed E-state index contributed by atoms with van der Waals surface area (Å²) in [5.41, 5.74) is -3.29. The summed E-state index contributed by atoms with van der Waals surface area (Å²) in [5.74, 6) is -1.31. The lowest BCUT2D eigenvalue weighted by atomic mass is 10.1. The Balaban J connectivity index is 2.19. The standard InChI is InChI=1S/C25H37NO4/c27-20-23-18-22(13-14-24(23)28)25(29)19-26-15-7-1-2-8-16-30-17-9-6-12-21-10-4-3-5-11-21/h3-5,10-11,13-14,18,25-29H,1-2,6-9,12,15-17,19-20H2/i3D,6D2,9D2,10D,11D,12D2,13D,14D,15D2,16D2,17D2,18D,19D2,20D2. The van der Waals surface area contributed by atoms with Gasteiger partial charge in [-0.2, -0.15) is 0 Å². The van der Waals surface area contributed by atoms with Gasteiger partial charge in [0.15, 0.2) is 0 Å². The van der Waals surface area contributed by atoms with Gasteiger partial charge in [0.2, 0.25) is 0 Å². The van der Waals surface area contributed by atoms with Crippen molar-refractivity contribution < 1.29 is 50.2 Å². The van der Waals surface area contributed by atoms with Crippen molar-refractivity contribution in [1.82, 2.24) is 5.32 Å². The molecule has 0 fully saturated rings. The van der Waals surface area contributed by atoms with Gasteiger partial charge < -0.3 is 25.4 Å². The number of nitrogens with one attached hydrogen (secondary N) is 1. The van der Waals surface area contributed by atoms with E-state index in [2.05, 4.69) is 0 Å². The number of unbranched alkanes of at least 4 members (excludes halogenated alkanes) is 1. The minimum Gasteiger partial charge on any atom is -0.508 e. The van der Waals surface area contributed by atoms with Crippen LogP contribution < -0.4 is 5.32 Å². The van der Waals surface area contributed by atoms with E-state index < -0.39 is 129 Å². The first-order valence-corrected chi connectivity index (χ1v) is 8.80. The Bertz CT molecular complexity index is 1600. The van der Waals surface area contributed by atoms with Crippen molar-refractivity contribution in [2.75, 3.05) is 26.1 Å². The summed E-state index contributed by atoms with van der Waals surface area (Å²) in [4.78, 5) is 0. The number of ether oxygens (including phenoxy) is 1. The van der Waals surface area contributed by atoms with E-state index in [1.165, 1.54) is 0 Å². The molecule has 2 rings (SSSR count). The maximum Gasteiger partial charge on any atom is 0.121 e. The van der Waals surface area contributed by atoms with Gasteiger partial charge in [0.05, 0.1) is 29.1 Å². The molecule has 5 heteroatoms. The second-order valence-corrected chi connectivity index (χ2v) is 5.52. The molecule has 0 bridgehead atoms. The lowest BCUT2D eigenvalue weighted by molar-refractivity contribution is 0.126. The van der Waals surface area contributed by atoms with Crippen LogP contribution in [0.1, 0.15) is 91.4 Å². The number of benzene rings is 2. The molecule has 0 aliphatic rings. The third-order valence-electron chi connectivity index (χ3n) is 3.35. The van der Waals surface area contributed by atoms with E-state index in [0.717, 1.165) is 12.1 Å². The second kappa shape index (κ2) is 15.0. The van der Waals surface area contributed by atoms with Crippen LogP contribution in [0.3, 0.4) is 0 Å². The average molecular weight is 438 g/mol. The summed E-state index contributed by atoms with van der Waals surface area (Å²) in [6, 6.07) is -4.02. The summed E-state index contributed by atoms with van der Waals surface area (Å²) in [7, 11) is 0. The van der Waals surface area contributed by atoms with Crippen LogP contribution in [0.25, 0.3) is 0 Å². The molecule has 0 spiro atoms. The fourth-order valence-electron chi connectivity index (χ4n) is 1.91.